The van der Waals surface area contributed by atoms with Gasteiger partial charge < -0.3 is 15.0 Å². The minimum absolute atomic E-state index is 0.411. The summed E-state index contributed by atoms with van der Waals surface area (Å²) in [5.41, 5.74) is 2.92. The zero-order valence-electron chi connectivity index (χ0n) is 24.8. The second kappa shape index (κ2) is 14.2. The van der Waals surface area contributed by atoms with Gasteiger partial charge in [0, 0.05) is 31.0 Å². The van der Waals surface area contributed by atoms with Crippen molar-refractivity contribution in [1.29, 1.82) is 0 Å². The lowest BCUT2D eigenvalue weighted by Gasteiger charge is -2.26. The molecule has 0 aliphatic carbocycles. The van der Waals surface area contributed by atoms with Crippen LogP contribution < -0.4 is 15.0 Å². The number of aryl methyl sites for hydroxylation is 1. The summed E-state index contributed by atoms with van der Waals surface area (Å²) in [6, 6.07) is 16.7. The highest BCUT2D eigenvalue weighted by atomic mass is 32.2. The number of carbonyl (C=O) groups is 1. The van der Waals surface area contributed by atoms with Crippen molar-refractivity contribution in [2.45, 2.75) is 64.7 Å². The van der Waals surface area contributed by atoms with Crippen LogP contribution in [0.3, 0.4) is 0 Å². The van der Waals surface area contributed by atoms with Crippen molar-refractivity contribution in [3.8, 4) is 5.75 Å². The number of aromatic nitrogens is 1. The third-order valence-electron chi connectivity index (χ3n) is 6.48. The number of anilines is 1. The number of para-hydroxylation sites is 2. The van der Waals surface area contributed by atoms with E-state index in [0.717, 1.165) is 42.6 Å². The number of carbonyl (C=O) groups excluding carboxylic acids is 1. The number of hydrogen-bond donors (Lipinski definition) is 1. The van der Waals surface area contributed by atoms with Gasteiger partial charge in [0.1, 0.15) is 5.25 Å². The third-order valence-corrected chi connectivity index (χ3v) is 8.40. The highest BCUT2D eigenvalue weighted by Gasteiger charge is 2.26. The summed E-state index contributed by atoms with van der Waals surface area (Å²) in [5, 5.41) is 1.99. The number of amides is 1. The maximum Gasteiger partial charge on any atom is 0.413 e. The van der Waals surface area contributed by atoms with Crippen LogP contribution in [0.2, 0.25) is 0 Å². The molecule has 0 saturated carbocycles. The molecule has 220 valence electrons. The Bertz CT molecular complexity index is 1430. The number of unbranched alkanes of at least 4 members (excludes halogenated alkanes) is 2. The first-order valence-electron chi connectivity index (χ1n) is 14.1. The van der Waals surface area contributed by atoms with Gasteiger partial charge >= 0.3 is 6.09 Å². The fourth-order valence-corrected chi connectivity index (χ4v) is 5.89. The van der Waals surface area contributed by atoms with Crippen LogP contribution in [0.1, 0.15) is 68.9 Å². The lowest BCUT2D eigenvalue weighted by Crippen LogP contribution is -2.42. The van der Waals surface area contributed by atoms with Crippen LogP contribution in [0.15, 0.2) is 85.7 Å². The average Bonchev–Trinajstić information content (AvgIpc) is 3.39. The van der Waals surface area contributed by atoms with Crippen LogP contribution in [0, 0.1) is 6.92 Å². The molecular formula is C33H43N3O4S. The van der Waals surface area contributed by atoms with Crippen molar-refractivity contribution < 1.29 is 17.9 Å². The second-order valence-electron chi connectivity index (χ2n) is 11.2. The van der Waals surface area contributed by atoms with Gasteiger partial charge in [-0.05, 0) is 63.4 Å². The quantitative estimate of drug-likeness (QED) is 0.168. The Kier molecular flexibility index (Phi) is 11.0. The van der Waals surface area contributed by atoms with Crippen molar-refractivity contribution >= 4 is 27.9 Å². The summed E-state index contributed by atoms with van der Waals surface area (Å²) in [7, 11) is -3.73. The van der Waals surface area contributed by atoms with Crippen molar-refractivity contribution in [1.82, 2.24) is 9.29 Å². The monoisotopic (exact) mass is 577 g/mol. The SMILES string of the molecule is C=CC(c1ccc(C)cc1)S(=O)(=O)n1ccc(C=CCN(CCCCC)c2ccccc2OC(=O)NC(C)(C)C)c1. The Hall–Kier alpha value is -3.78. The van der Waals surface area contributed by atoms with E-state index in [4.69, 9.17) is 4.74 Å². The molecule has 7 nitrogen and oxygen atoms in total. The number of nitrogens with one attached hydrogen (secondary N) is 1. The fraction of sp³-hybridized carbons (Fsp3) is 0.364. The van der Waals surface area contributed by atoms with Gasteiger partial charge in [-0.15, -0.1) is 6.58 Å². The van der Waals surface area contributed by atoms with Gasteiger partial charge in [0.05, 0.1) is 5.69 Å². The lowest BCUT2D eigenvalue weighted by atomic mass is 10.1. The first-order chi connectivity index (χ1) is 19.4. The number of rotatable bonds is 13. The van der Waals surface area contributed by atoms with Crippen molar-refractivity contribution in [3.05, 3.63) is 102 Å². The van der Waals surface area contributed by atoms with Crippen LogP contribution in [-0.4, -0.2) is 37.1 Å². The molecule has 0 radical (unpaired) electrons. The minimum atomic E-state index is -3.73. The van der Waals surface area contributed by atoms with Crippen LogP contribution in [0.25, 0.3) is 6.08 Å². The molecule has 3 aromatic rings. The molecule has 8 heteroatoms. The number of ether oxygens (including phenoxy) is 1. The molecule has 1 unspecified atom stereocenters. The molecule has 2 aromatic carbocycles. The van der Waals surface area contributed by atoms with Crippen molar-refractivity contribution in [2.75, 3.05) is 18.0 Å². The Morgan fingerprint density at radius 1 is 1.10 bits per heavy atom. The van der Waals surface area contributed by atoms with E-state index in [0.29, 0.717) is 17.9 Å². The molecule has 41 heavy (non-hydrogen) atoms. The molecule has 0 aliphatic heterocycles. The molecule has 0 spiro atoms. The standard InChI is InChI=1S/C33H43N3O4S/c1-7-9-12-22-35(29-15-10-11-16-30(29)40-32(37)34-33(4,5)6)23-13-14-27-21-24-36(25-27)41(38,39)31(8-2)28-19-17-26(3)18-20-28/h8,10-11,13-21,24-25,31H,2,7,9,12,22-23H2,1,3-6H3,(H,34,37). The van der Waals surface area contributed by atoms with E-state index < -0.39 is 26.9 Å². The van der Waals surface area contributed by atoms with E-state index in [1.54, 1.807) is 24.5 Å². The Labute approximate surface area is 245 Å². The molecule has 3 rings (SSSR count). The average molecular weight is 578 g/mol. The summed E-state index contributed by atoms with van der Waals surface area (Å²) in [6.45, 7) is 15.0. The van der Waals surface area contributed by atoms with Gasteiger partial charge in [-0.3, -0.25) is 3.97 Å². The topological polar surface area (TPSA) is 80.6 Å². The molecule has 0 saturated heterocycles. The highest BCUT2D eigenvalue weighted by Crippen LogP contribution is 2.29. The van der Waals surface area contributed by atoms with Gasteiger partial charge in [-0.1, -0.05) is 80.0 Å². The first kappa shape index (κ1) is 31.7. The molecule has 1 aromatic heterocycles. The molecule has 1 heterocycles. The van der Waals surface area contributed by atoms with Crippen molar-refractivity contribution in [3.63, 3.8) is 0 Å². The number of hydrogen-bond acceptors (Lipinski definition) is 5. The first-order valence-corrected chi connectivity index (χ1v) is 15.6. The maximum atomic E-state index is 13.4. The Morgan fingerprint density at radius 3 is 2.46 bits per heavy atom. The van der Waals surface area contributed by atoms with Gasteiger partial charge in [-0.25, -0.2) is 13.2 Å². The molecule has 1 N–H and O–H groups in total. The Morgan fingerprint density at radius 2 is 1.80 bits per heavy atom. The predicted octanol–water partition coefficient (Wildman–Crippen LogP) is 7.50. The summed E-state index contributed by atoms with van der Waals surface area (Å²) >= 11 is 0. The zero-order valence-corrected chi connectivity index (χ0v) is 25.7. The predicted molar refractivity (Wildman–Crippen MR) is 169 cm³/mol. The van der Waals surface area contributed by atoms with Gasteiger partial charge in [0.25, 0.3) is 0 Å². The highest BCUT2D eigenvalue weighted by molar-refractivity contribution is 7.90. The van der Waals surface area contributed by atoms with E-state index in [1.807, 2.05) is 82.3 Å². The van der Waals surface area contributed by atoms with Crippen LogP contribution in [0.4, 0.5) is 10.5 Å². The summed E-state index contributed by atoms with van der Waals surface area (Å²) < 4.78 is 33.8. The van der Waals surface area contributed by atoms with Crippen LogP contribution >= 0.6 is 0 Å². The Balaban J connectivity index is 1.79. The van der Waals surface area contributed by atoms with E-state index in [-0.39, 0.29) is 0 Å². The largest absolute Gasteiger partial charge is 0.413 e. The molecule has 1 amide bonds. The smallest absolute Gasteiger partial charge is 0.408 e. The van der Waals surface area contributed by atoms with E-state index >= 15 is 0 Å². The fourth-order valence-electron chi connectivity index (χ4n) is 4.38. The van der Waals surface area contributed by atoms with Gasteiger partial charge in [0.15, 0.2) is 5.75 Å². The van der Waals surface area contributed by atoms with E-state index in [2.05, 4.69) is 23.7 Å². The normalized spacial score (nSPS) is 12.7. The second-order valence-corrected chi connectivity index (χ2v) is 13.1. The molecule has 0 bridgehead atoms. The molecule has 0 fully saturated rings. The van der Waals surface area contributed by atoms with E-state index in [9.17, 15) is 13.2 Å². The molecule has 1 atom stereocenters. The third kappa shape index (κ3) is 9.11. The van der Waals surface area contributed by atoms with Crippen LogP contribution in [0.5, 0.6) is 5.75 Å². The van der Waals surface area contributed by atoms with Gasteiger partial charge in [0.2, 0.25) is 10.0 Å². The lowest BCUT2D eigenvalue weighted by molar-refractivity contribution is 0.190. The van der Waals surface area contributed by atoms with E-state index in [1.165, 1.54) is 10.0 Å². The summed E-state index contributed by atoms with van der Waals surface area (Å²) in [4.78, 5) is 14.7. The number of nitrogens with zero attached hydrogens (tertiary/aromatic N) is 2. The van der Waals surface area contributed by atoms with Crippen LogP contribution in [-0.2, 0) is 10.0 Å². The summed E-state index contributed by atoms with van der Waals surface area (Å²) in [6.07, 6.45) is 11.2. The van der Waals surface area contributed by atoms with Gasteiger partial charge in [-0.2, -0.15) is 0 Å². The maximum absolute atomic E-state index is 13.4. The molecule has 0 aliphatic rings. The minimum Gasteiger partial charge on any atom is -0.408 e. The summed E-state index contributed by atoms with van der Waals surface area (Å²) in [5.74, 6) is 0.489. The zero-order chi connectivity index (χ0) is 30.0. The van der Waals surface area contributed by atoms with Crippen molar-refractivity contribution in [2.24, 2.45) is 0 Å². The molecular weight excluding hydrogens is 534 g/mol. The number of benzene rings is 2.